The zero-order valence-electron chi connectivity index (χ0n) is 3.55. The van der Waals surface area contributed by atoms with Crippen molar-refractivity contribution in [3.63, 3.8) is 0 Å². The van der Waals surface area contributed by atoms with Crippen LogP contribution in [0.5, 0.6) is 0 Å². The molecule has 0 spiro atoms. The smallest absolute Gasteiger partial charge is 0.394 e. The van der Waals surface area contributed by atoms with Gasteiger partial charge in [0.15, 0.2) is 0 Å². The highest BCUT2D eigenvalue weighted by atomic mass is 32.3. The molecule has 0 bridgehead atoms. The van der Waals surface area contributed by atoms with E-state index in [9.17, 15) is 0 Å². The molecule has 0 amide bonds. The Bertz CT molecular complexity index is 123. The van der Waals surface area contributed by atoms with E-state index in [-0.39, 0.29) is 6.47 Å². The van der Waals surface area contributed by atoms with Gasteiger partial charge in [-0.15, -0.1) is 0 Å². The predicted molar refractivity (Wildman–Crippen MR) is 22.9 cm³/mol. The van der Waals surface area contributed by atoms with Gasteiger partial charge in [-0.2, -0.15) is 8.42 Å². The summed E-state index contributed by atoms with van der Waals surface area (Å²) >= 11 is 0. The summed E-state index contributed by atoms with van der Waals surface area (Å²) in [6.07, 6.45) is 0. The fourth-order valence-corrected chi connectivity index (χ4v) is 0. The molecule has 0 fully saturated rings. The van der Waals surface area contributed by atoms with Gasteiger partial charge in [0.25, 0.3) is 6.47 Å². The lowest BCUT2D eigenvalue weighted by Crippen LogP contribution is -1.89. The van der Waals surface area contributed by atoms with Crippen LogP contribution in [0.15, 0.2) is 0 Å². The van der Waals surface area contributed by atoms with Gasteiger partial charge in [-0.05, 0) is 0 Å². The fraction of sp³-hybridized carbons (Fsp3) is 0. The van der Waals surface area contributed by atoms with Crippen LogP contribution in [-0.2, 0) is 15.2 Å². The van der Waals surface area contributed by atoms with Gasteiger partial charge in [0.2, 0.25) is 0 Å². The van der Waals surface area contributed by atoms with Crippen LogP contribution in [0.4, 0.5) is 0 Å². The van der Waals surface area contributed by atoms with E-state index >= 15 is 0 Å². The molecule has 0 heterocycles. The molecule has 8 heavy (non-hydrogen) atoms. The van der Waals surface area contributed by atoms with Gasteiger partial charge in [-0.1, -0.05) is 0 Å². The lowest BCUT2D eigenvalue weighted by molar-refractivity contribution is -0.122. The highest BCUT2D eigenvalue weighted by Gasteiger charge is 1.84. The van der Waals surface area contributed by atoms with E-state index in [2.05, 4.69) is 0 Å². The molecule has 50 valence electrons. The molecule has 0 aliphatic heterocycles. The van der Waals surface area contributed by atoms with Crippen molar-refractivity contribution in [3.8, 4) is 0 Å². The third-order valence-electron chi connectivity index (χ3n) is 0. The Hall–Kier alpha value is -0.660. The van der Waals surface area contributed by atoms with Crippen molar-refractivity contribution >= 4 is 16.9 Å². The predicted octanol–water partition coefficient (Wildman–Crippen LogP) is -0.952. The van der Waals surface area contributed by atoms with E-state index < -0.39 is 10.4 Å². The molecule has 0 rings (SSSR count). The van der Waals surface area contributed by atoms with Gasteiger partial charge >= 0.3 is 10.4 Å². The maximum absolute atomic E-state index is 8.74. The summed E-state index contributed by atoms with van der Waals surface area (Å²) in [6, 6.07) is 0. The molecule has 0 saturated carbocycles. The van der Waals surface area contributed by atoms with Crippen molar-refractivity contribution in [1.82, 2.24) is 0 Å². The average Bonchev–Trinajstić information content (AvgIpc) is 1.27. The van der Waals surface area contributed by atoms with E-state index in [1.807, 2.05) is 0 Å². The summed E-state index contributed by atoms with van der Waals surface area (Å²) < 4.78 is 31.6. The Balaban J connectivity index is 0. The molecular weight excluding hydrogens is 140 g/mol. The zero-order chi connectivity index (χ0) is 7.21. The van der Waals surface area contributed by atoms with Gasteiger partial charge < -0.3 is 5.11 Å². The Morgan fingerprint density at radius 2 is 1.25 bits per heavy atom. The first-order valence-electron chi connectivity index (χ1n) is 1.19. The minimum atomic E-state index is -4.67. The number of carboxylic acid groups (broad SMARTS) is 1. The van der Waals surface area contributed by atoms with Crippen molar-refractivity contribution < 1.29 is 27.4 Å². The largest absolute Gasteiger partial charge is 0.483 e. The van der Waals surface area contributed by atoms with Gasteiger partial charge in [0, 0.05) is 0 Å². The van der Waals surface area contributed by atoms with Crippen molar-refractivity contribution in [1.29, 1.82) is 0 Å². The topological polar surface area (TPSA) is 112 Å². The molecule has 6 nitrogen and oxygen atoms in total. The number of rotatable bonds is 0. The fourth-order valence-electron chi connectivity index (χ4n) is 0. The van der Waals surface area contributed by atoms with Crippen molar-refractivity contribution in [2.24, 2.45) is 0 Å². The van der Waals surface area contributed by atoms with Gasteiger partial charge in [0.1, 0.15) is 0 Å². The molecule has 0 aliphatic rings. The van der Waals surface area contributed by atoms with Crippen molar-refractivity contribution in [3.05, 3.63) is 0 Å². The van der Waals surface area contributed by atoms with Gasteiger partial charge in [0.05, 0.1) is 0 Å². The SMILES string of the molecule is O=CO.O=S(=O)(O)O. The Morgan fingerprint density at radius 1 is 1.25 bits per heavy atom. The summed E-state index contributed by atoms with van der Waals surface area (Å²) in [6.45, 7) is -0.250. The van der Waals surface area contributed by atoms with Crippen molar-refractivity contribution in [2.75, 3.05) is 0 Å². The molecule has 0 saturated heterocycles. The minimum Gasteiger partial charge on any atom is -0.483 e. The van der Waals surface area contributed by atoms with Crippen LogP contribution in [0.3, 0.4) is 0 Å². The number of hydrogen-bond acceptors (Lipinski definition) is 3. The number of hydrogen-bond donors (Lipinski definition) is 3. The quantitative estimate of drug-likeness (QED) is 0.298. The van der Waals surface area contributed by atoms with Crippen LogP contribution in [-0.4, -0.2) is 29.1 Å². The standard InChI is InChI=1S/CH2O2.H2O4S/c2-1-3;1-5(2,3)4/h1H,(H,2,3);(H2,1,2,3,4). The summed E-state index contributed by atoms with van der Waals surface area (Å²) in [5.41, 5.74) is 0. The van der Waals surface area contributed by atoms with Crippen LogP contribution in [0.1, 0.15) is 0 Å². The highest BCUT2D eigenvalue weighted by Crippen LogP contribution is 1.59. The van der Waals surface area contributed by atoms with E-state index in [1.54, 1.807) is 0 Å². The maximum Gasteiger partial charge on any atom is 0.394 e. The van der Waals surface area contributed by atoms with E-state index in [0.717, 1.165) is 0 Å². The van der Waals surface area contributed by atoms with E-state index in [1.165, 1.54) is 0 Å². The first-order chi connectivity index (χ1) is 3.41. The summed E-state index contributed by atoms with van der Waals surface area (Å²) in [7, 11) is -4.67. The molecule has 0 radical (unpaired) electrons. The van der Waals surface area contributed by atoms with E-state index in [0.29, 0.717) is 0 Å². The van der Waals surface area contributed by atoms with Gasteiger partial charge in [-0.3, -0.25) is 13.9 Å². The first-order valence-corrected chi connectivity index (χ1v) is 2.59. The third kappa shape index (κ3) is 231. The summed E-state index contributed by atoms with van der Waals surface area (Å²) in [4.78, 5) is 8.36. The second-order valence-electron chi connectivity index (χ2n) is 0.553. The Labute approximate surface area is 45.3 Å². The normalized spacial score (nSPS) is 8.75. The molecule has 0 aromatic heterocycles. The maximum atomic E-state index is 8.74. The van der Waals surface area contributed by atoms with Crippen LogP contribution < -0.4 is 0 Å². The average molecular weight is 144 g/mol. The van der Waals surface area contributed by atoms with Crippen LogP contribution >= 0.6 is 0 Å². The number of carbonyl (C=O) groups is 1. The second-order valence-corrected chi connectivity index (χ2v) is 1.45. The van der Waals surface area contributed by atoms with Crippen LogP contribution in [0.25, 0.3) is 0 Å². The molecule has 0 aromatic rings. The summed E-state index contributed by atoms with van der Waals surface area (Å²) in [5.74, 6) is 0. The Morgan fingerprint density at radius 3 is 1.25 bits per heavy atom. The monoisotopic (exact) mass is 144 g/mol. The molecule has 7 heteroatoms. The van der Waals surface area contributed by atoms with Crippen LogP contribution in [0, 0.1) is 0 Å². The van der Waals surface area contributed by atoms with E-state index in [4.69, 9.17) is 27.4 Å². The molecule has 3 N–H and O–H groups in total. The minimum absolute atomic E-state index is 0.250. The van der Waals surface area contributed by atoms with Crippen LogP contribution in [0.2, 0.25) is 0 Å². The Kier molecular flexibility index (Phi) is 5.82. The molecular formula is CH4O6S. The van der Waals surface area contributed by atoms with Gasteiger partial charge in [-0.25, -0.2) is 0 Å². The molecule has 0 aromatic carbocycles. The molecule has 0 unspecified atom stereocenters. The van der Waals surface area contributed by atoms with Crippen molar-refractivity contribution in [2.45, 2.75) is 0 Å². The second kappa shape index (κ2) is 4.50. The highest BCUT2D eigenvalue weighted by molar-refractivity contribution is 7.79. The molecule has 0 aliphatic carbocycles. The lowest BCUT2D eigenvalue weighted by atomic mass is 11.7. The first kappa shape index (κ1) is 10.3. The zero-order valence-corrected chi connectivity index (χ0v) is 4.37. The summed E-state index contributed by atoms with van der Waals surface area (Å²) in [5, 5.41) is 6.89. The third-order valence-corrected chi connectivity index (χ3v) is 0. The lowest BCUT2D eigenvalue weighted by Gasteiger charge is -1.68. The molecule has 0 atom stereocenters.